The van der Waals surface area contributed by atoms with Crippen molar-refractivity contribution in [3.8, 4) is 0 Å². The molecule has 1 aromatic carbocycles. The fraction of sp³-hybridized carbons (Fsp3) is 0.417. The summed E-state index contributed by atoms with van der Waals surface area (Å²) < 4.78 is 12.8. The predicted octanol–water partition coefficient (Wildman–Crippen LogP) is 3.65. The van der Waals surface area contributed by atoms with Crippen molar-refractivity contribution in [1.29, 1.82) is 0 Å². The molecule has 0 aromatic heterocycles. The van der Waals surface area contributed by atoms with Crippen LogP contribution in [0.1, 0.15) is 32.3 Å². The van der Waals surface area contributed by atoms with E-state index in [1.807, 2.05) is 13.8 Å². The van der Waals surface area contributed by atoms with Crippen LogP contribution in [-0.2, 0) is 10.2 Å². The summed E-state index contributed by atoms with van der Waals surface area (Å²) in [5.41, 5.74) is 0.115. The molecule has 0 fully saturated rings. The highest BCUT2D eigenvalue weighted by molar-refractivity contribution is 6.65. The van der Waals surface area contributed by atoms with Gasteiger partial charge in [-0.05, 0) is 42.1 Å². The summed E-state index contributed by atoms with van der Waals surface area (Å²) in [5.74, 6) is -0.304. The van der Waals surface area contributed by atoms with E-state index < -0.39 is 5.41 Å². The van der Waals surface area contributed by atoms with Crippen LogP contribution >= 0.6 is 11.6 Å². The summed E-state index contributed by atoms with van der Waals surface area (Å²) in [7, 11) is 0. The largest absolute Gasteiger partial charge is 0.280 e. The highest BCUT2D eigenvalue weighted by atomic mass is 35.5. The van der Waals surface area contributed by atoms with Crippen molar-refractivity contribution in [3.63, 3.8) is 0 Å². The minimum atomic E-state index is -0.671. The Hall–Kier alpha value is -0.890. The van der Waals surface area contributed by atoms with Gasteiger partial charge in [0.2, 0.25) is 5.24 Å². The lowest BCUT2D eigenvalue weighted by Gasteiger charge is -2.27. The maximum Gasteiger partial charge on any atom is 0.232 e. The third kappa shape index (κ3) is 2.20. The van der Waals surface area contributed by atoms with Crippen molar-refractivity contribution in [3.05, 3.63) is 35.6 Å². The van der Waals surface area contributed by atoms with Crippen molar-refractivity contribution in [1.82, 2.24) is 0 Å². The molecule has 0 atom stereocenters. The highest BCUT2D eigenvalue weighted by Gasteiger charge is 2.35. The minimum absolute atomic E-state index is 0.304. The van der Waals surface area contributed by atoms with Gasteiger partial charge in [-0.15, -0.1) is 0 Å². The molecule has 1 rings (SSSR count). The summed E-state index contributed by atoms with van der Waals surface area (Å²) in [6, 6.07) is 5.97. The maximum absolute atomic E-state index is 12.8. The van der Waals surface area contributed by atoms with E-state index in [1.165, 1.54) is 12.1 Å². The van der Waals surface area contributed by atoms with Crippen LogP contribution in [0.3, 0.4) is 0 Å². The van der Waals surface area contributed by atoms with Crippen molar-refractivity contribution in [2.75, 3.05) is 0 Å². The Morgan fingerprint density at radius 1 is 1.27 bits per heavy atom. The summed E-state index contributed by atoms with van der Waals surface area (Å²) in [5, 5.41) is -0.376. The Kier molecular flexibility index (Phi) is 3.86. The smallest absolute Gasteiger partial charge is 0.232 e. The third-order valence-electron chi connectivity index (χ3n) is 2.98. The van der Waals surface area contributed by atoms with E-state index in [2.05, 4.69) is 0 Å². The SMILES string of the molecule is CCC(CC)(C(=O)Cl)c1ccc(F)cc1. The van der Waals surface area contributed by atoms with Gasteiger partial charge in [-0.1, -0.05) is 26.0 Å². The van der Waals surface area contributed by atoms with Crippen LogP contribution in [0.2, 0.25) is 0 Å². The second kappa shape index (κ2) is 4.75. The second-order valence-electron chi connectivity index (χ2n) is 3.57. The van der Waals surface area contributed by atoms with Crippen molar-refractivity contribution < 1.29 is 9.18 Å². The molecular formula is C12H14ClFO. The molecule has 0 aliphatic carbocycles. The number of halogens is 2. The maximum atomic E-state index is 12.8. The molecule has 0 bridgehead atoms. The van der Waals surface area contributed by atoms with Gasteiger partial charge in [-0.2, -0.15) is 0 Å². The second-order valence-corrected chi connectivity index (χ2v) is 3.91. The van der Waals surface area contributed by atoms with Gasteiger partial charge in [0.15, 0.2) is 0 Å². The average molecular weight is 229 g/mol. The molecule has 0 spiro atoms. The van der Waals surface area contributed by atoms with Crippen LogP contribution in [0.15, 0.2) is 24.3 Å². The Morgan fingerprint density at radius 2 is 1.73 bits per heavy atom. The molecule has 82 valence electrons. The summed E-state index contributed by atoms with van der Waals surface area (Å²) >= 11 is 5.64. The first-order chi connectivity index (χ1) is 7.06. The predicted molar refractivity (Wildman–Crippen MR) is 59.5 cm³/mol. The van der Waals surface area contributed by atoms with Crippen molar-refractivity contribution >= 4 is 16.8 Å². The topological polar surface area (TPSA) is 17.1 Å². The Morgan fingerprint density at radius 3 is 2.07 bits per heavy atom. The van der Waals surface area contributed by atoms with E-state index in [0.717, 1.165) is 5.56 Å². The molecule has 1 aromatic rings. The molecule has 3 heteroatoms. The molecule has 0 N–H and O–H groups in total. The van der Waals surface area contributed by atoms with E-state index in [-0.39, 0.29) is 11.1 Å². The molecule has 1 nitrogen and oxygen atoms in total. The van der Waals surface area contributed by atoms with Gasteiger partial charge in [0.1, 0.15) is 5.82 Å². The first-order valence-corrected chi connectivity index (χ1v) is 5.40. The monoisotopic (exact) mass is 228 g/mol. The van der Waals surface area contributed by atoms with E-state index in [4.69, 9.17) is 11.6 Å². The lowest BCUT2D eigenvalue weighted by atomic mass is 9.77. The van der Waals surface area contributed by atoms with Gasteiger partial charge in [-0.3, -0.25) is 4.79 Å². The number of hydrogen-bond acceptors (Lipinski definition) is 1. The van der Waals surface area contributed by atoms with E-state index in [1.54, 1.807) is 12.1 Å². The van der Waals surface area contributed by atoms with Gasteiger partial charge in [0.05, 0.1) is 5.41 Å². The molecule has 0 unspecified atom stereocenters. The van der Waals surface area contributed by atoms with Crippen molar-refractivity contribution in [2.24, 2.45) is 0 Å². The lowest BCUT2D eigenvalue weighted by molar-refractivity contribution is -0.117. The number of rotatable bonds is 4. The molecular weight excluding hydrogens is 215 g/mol. The standard InChI is InChI=1S/C12H14ClFO/c1-3-12(4-2,11(13)15)9-5-7-10(14)8-6-9/h5-8H,3-4H2,1-2H3. The van der Waals surface area contributed by atoms with Crippen LogP contribution in [0.25, 0.3) is 0 Å². The quantitative estimate of drug-likeness (QED) is 0.719. The van der Waals surface area contributed by atoms with Crippen LogP contribution in [-0.4, -0.2) is 5.24 Å². The van der Waals surface area contributed by atoms with Crippen LogP contribution in [0, 0.1) is 5.82 Å². The first kappa shape index (κ1) is 12.2. The molecule has 0 amide bonds. The zero-order valence-electron chi connectivity index (χ0n) is 8.89. The fourth-order valence-corrected chi connectivity index (χ4v) is 2.19. The summed E-state index contributed by atoms with van der Waals surface area (Å²) in [6.45, 7) is 3.82. The Labute approximate surface area is 94.3 Å². The molecule has 0 radical (unpaired) electrons. The number of benzene rings is 1. The molecule has 0 aliphatic heterocycles. The molecule has 0 saturated carbocycles. The Bertz CT molecular complexity index is 341. The zero-order valence-corrected chi connectivity index (χ0v) is 9.64. The average Bonchev–Trinajstić information content (AvgIpc) is 2.22. The summed E-state index contributed by atoms with van der Waals surface area (Å²) in [4.78, 5) is 11.5. The van der Waals surface area contributed by atoms with Gasteiger partial charge >= 0.3 is 0 Å². The van der Waals surface area contributed by atoms with Crippen LogP contribution < -0.4 is 0 Å². The van der Waals surface area contributed by atoms with Gasteiger partial charge in [-0.25, -0.2) is 4.39 Å². The normalized spacial score (nSPS) is 11.5. The molecule has 0 saturated heterocycles. The minimum Gasteiger partial charge on any atom is -0.280 e. The van der Waals surface area contributed by atoms with E-state index in [9.17, 15) is 9.18 Å². The Balaban J connectivity index is 3.20. The fourth-order valence-electron chi connectivity index (χ4n) is 1.82. The highest BCUT2D eigenvalue weighted by Crippen LogP contribution is 2.34. The molecule has 0 aliphatic rings. The van der Waals surface area contributed by atoms with E-state index in [0.29, 0.717) is 12.8 Å². The summed E-state index contributed by atoms with van der Waals surface area (Å²) in [6.07, 6.45) is 1.24. The zero-order chi connectivity index (χ0) is 11.5. The van der Waals surface area contributed by atoms with Gasteiger partial charge in [0.25, 0.3) is 0 Å². The number of carbonyl (C=O) groups excluding carboxylic acids is 1. The molecule has 0 heterocycles. The van der Waals surface area contributed by atoms with Gasteiger partial charge in [0, 0.05) is 0 Å². The van der Waals surface area contributed by atoms with Crippen molar-refractivity contribution in [2.45, 2.75) is 32.1 Å². The first-order valence-electron chi connectivity index (χ1n) is 5.02. The van der Waals surface area contributed by atoms with Crippen LogP contribution in [0.4, 0.5) is 4.39 Å². The third-order valence-corrected chi connectivity index (χ3v) is 3.34. The lowest BCUT2D eigenvalue weighted by Crippen LogP contribution is -2.31. The van der Waals surface area contributed by atoms with Crippen LogP contribution in [0.5, 0.6) is 0 Å². The van der Waals surface area contributed by atoms with Gasteiger partial charge < -0.3 is 0 Å². The molecule has 15 heavy (non-hydrogen) atoms. The van der Waals surface area contributed by atoms with E-state index >= 15 is 0 Å². The number of hydrogen-bond donors (Lipinski definition) is 0. The number of carbonyl (C=O) groups is 1.